The van der Waals surface area contributed by atoms with Gasteiger partial charge >= 0.3 is 0 Å². The van der Waals surface area contributed by atoms with Gasteiger partial charge < -0.3 is 15.2 Å². The van der Waals surface area contributed by atoms with Crippen LogP contribution in [0.1, 0.15) is 18.4 Å². The van der Waals surface area contributed by atoms with E-state index in [0.717, 1.165) is 30.7 Å². The highest BCUT2D eigenvalue weighted by atomic mass is 16.5. The fraction of sp³-hybridized carbons (Fsp3) is 0.500. The summed E-state index contributed by atoms with van der Waals surface area (Å²) in [5.41, 5.74) is 0.912. The zero-order valence-corrected chi connectivity index (χ0v) is 8.99. The van der Waals surface area contributed by atoms with Crippen LogP contribution in [0.25, 0.3) is 0 Å². The van der Waals surface area contributed by atoms with Crippen molar-refractivity contribution >= 4 is 0 Å². The molecular formula is C12H17NO2. The Kier molecular flexibility index (Phi) is 2.93. The van der Waals surface area contributed by atoms with E-state index in [2.05, 4.69) is 5.32 Å². The van der Waals surface area contributed by atoms with E-state index < -0.39 is 0 Å². The van der Waals surface area contributed by atoms with Gasteiger partial charge in [0.15, 0.2) is 0 Å². The normalized spacial score (nSPS) is 25.5. The average Bonchev–Trinajstić information content (AvgIpc) is 2.79. The van der Waals surface area contributed by atoms with E-state index in [1.165, 1.54) is 0 Å². The molecule has 1 aliphatic rings. The summed E-state index contributed by atoms with van der Waals surface area (Å²) in [5.74, 6) is 0.852. The second-order valence-corrected chi connectivity index (χ2v) is 4.00. The van der Waals surface area contributed by atoms with E-state index in [4.69, 9.17) is 4.74 Å². The lowest BCUT2D eigenvalue weighted by Crippen LogP contribution is -2.40. The van der Waals surface area contributed by atoms with Crippen LogP contribution in [0.5, 0.6) is 5.75 Å². The molecule has 0 radical (unpaired) electrons. The zero-order chi connectivity index (χ0) is 10.7. The Morgan fingerprint density at radius 1 is 1.40 bits per heavy atom. The fourth-order valence-corrected chi connectivity index (χ4v) is 2.19. The predicted molar refractivity (Wildman–Crippen MR) is 59.0 cm³/mol. The van der Waals surface area contributed by atoms with Crippen molar-refractivity contribution in [3.63, 3.8) is 0 Å². The van der Waals surface area contributed by atoms with Gasteiger partial charge in [0.1, 0.15) is 5.75 Å². The van der Waals surface area contributed by atoms with Crippen LogP contribution in [-0.4, -0.2) is 25.4 Å². The largest absolute Gasteiger partial charge is 0.497 e. The molecule has 2 N–H and O–H groups in total. The second kappa shape index (κ2) is 4.21. The van der Waals surface area contributed by atoms with E-state index in [1.54, 1.807) is 7.11 Å². The van der Waals surface area contributed by atoms with Crippen LogP contribution in [0.4, 0.5) is 0 Å². The van der Waals surface area contributed by atoms with Gasteiger partial charge in [-0.05, 0) is 37.1 Å². The van der Waals surface area contributed by atoms with Crippen LogP contribution in [0.2, 0.25) is 0 Å². The first kappa shape index (κ1) is 10.5. The van der Waals surface area contributed by atoms with Gasteiger partial charge in [0.25, 0.3) is 0 Å². The molecule has 0 aromatic heterocycles. The van der Waals surface area contributed by atoms with Gasteiger partial charge in [0, 0.05) is 0 Å². The Bertz CT molecular complexity index is 315. The van der Waals surface area contributed by atoms with Gasteiger partial charge in [-0.25, -0.2) is 0 Å². The number of nitrogens with one attached hydrogen (secondary N) is 1. The van der Waals surface area contributed by atoms with Crippen molar-refractivity contribution in [1.29, 1.82) is 0 Å². The predicted octanol–water partition coefficient (Wildman–Crippen LogP) is 1.27. The maximum atomic E-state index is 9.50. The summed E-state index contributed by atoms with van der Waals surface area (Å²) in [7, 11) is 1.66. The zero-order valence-electron chi connectivity index (χ0n) is 8.99. The number of methoxy groups -OCH3 is 1. The lowest BCUT2D eigenvalue weighted by Gasteiger charge is -2.27. The first-order chi connectivity index (χ1) is 7.30. The lowest BCUT2D eigenvalue weighted by molar-refractivity contribution is 0.178. The molecule has 3 nitrogen and oxygen atoms in total. The minimum atomic E-state index is -0.230. The quantitative estimate of drug-likeness (QED) is 0.784. The fourth-order valence-electron chi connectivity index (χ4n) is 2.19. The average molecular weight is 207 g/mol. The molecule has 0 spiro atoms. The van der Waals surface area contributed by atoms with E-state index in [9.17, 15) is 5.11 Å². The van der Waals surface area contributed by atoms with E-state index in [1.807, 2.05) is 24.3 Å². The van der Waals surface area contributed by atoms with Crippen LogP contribution in [-0.2, 0) is 5.54 Å². The monoisotopic (exact) mass is 207 g/mol. The number of benzene rings is 1. The Morgan fingerprint density at radius 2 is 2.13 bits per heavy atom. The highest BCUT2D eigenvalue weighted by molar-refractivity contribution is 5.32. The van der Waals surface area contributed by atoms with Crippen molar-refractivity contribution in [2.45, 2.75) is 18.4 Å². The summed E-state index contributed by atoms with van der Waals surface area (Å²) in [5, 5.41) is 12.9. The summed E-state index contributed by atoms with van der Waals surface area (Å²) in [6.07, 6.45) is 2.11. The molecular weight excluding hydrogens is 190 g/mol. The first-order valence-electron chi connectivity index (χ1n) is 5.31. The molecule has 1 heterocycles. The summed E-state index contributed by atoms with van der Waals surface area (Å²) in [4.78, 5) is 0. The lowest BCUT2D eigenvalue weighted by atomic mass is 9.89. The van der Waals surface area contributed by atoms with E-state index in [-0.39, 0.29) is 12.1 Å². The van der Waals surface area contributed by atoms with Crippen molar-refractivity contribution in [2.75, 3.05) is 20.3 Å². The summed E-state index contributed by atoms with van der Waals surface area (Å²) in [6.45, 7) is 1.13. The molecule has 1 aromatic carbocycles. The van der Waals surface area contributed by atoms with Crippen LogP contribution < -0.4 is 10.1 Å². The smallest absolute Gasteiger partial charge is 0.118 e. The Hall–Kier alpha value is -1.06. The van der Waals surface area contributed by atoms with Crippen molar-refractivity contribution in [1.82, 2.24) is 5.32 Å². The molecule has 1 fully saturated rings. The Balaban J connectivity index is 2.26. The second-order valence-electron chi connectivity index (χ2n) is 4.00. The van der Waals surface area contributed by atoms with Gasteiger partial charge in [-0.1, -0.05) is 12.1 Å². The van der Waals surface area contributed by atoms with E-state index >= 15 is 0 Å². The Labute approximate surface area is 90.1 Å². The molecule has 0 aliphatic carbocycles. The number of hydrogen-bond acceptors (Lipinski definition) is 3. The van der Waals surface area contributed by atoms with Crippen LogP contribution >= 0.6 is 0 Å². The molecule has 1 aromatic rings. The Morgan fingerprint density at radius 3 is 2.60 bits per heavy atom. The standard InChI is InChI=1S/C12H17NO2/c1-15-11-5-3-10(4-6-11)12(9-14)7-2-8-13-12/h3-6,13-14H,2,7-9H2,1H3. The molecule has 0 amide bonds. The molecule has 2 rings (SSSR count). The first-order valence-corrected chi connectivity index (χ1v) is 5.31. The van der Waals surface area contributed by atoms with Gasteiger partial charge in [0.05, 0.1) is 19.3 Å². The minimum absolute atomic E-state index is 0.152. The molecule has 3 heteroatoms. The molecule has 0 saturated carbocycles. The molecule has 1 atom stereocenters. The van der Waals surface area contributed by atoms with E-state index in [0.29, 0.717) is 0 Å². The number of ether oxygens (including phenoxy) is 1. The molecule has 1 saturated heterocycles. The van der Waals surface area contributed by atoms with Crippen LogP contribution in [0, 0.1) is 0 Å². The van der Waals surface area contributed by atoms with Crippen molar-refractivity contribution < 1.29 is 9.84 Å². The van der Waals surface area contributed by atoms with Crippen LogP contribution in [0.3, 0.4) is 0 Å². The van der Waals surface area contributed by atoms with Gasteiger partial charge in [-0.2, -0.15) is 0 Å². The third-order valence-electron chi connectivity index (χ3n) is 3.16. The number of aliphatic hydroxyl groups excluding tert-OH is 1. The SMILES string of the molecule is COc1ccc(C2(CO)CCCN2)cc1. The molecule has 1 aliphatic heterocycles. The summed E-state index contributed by atoms with van der Waals surface area (Å²) < 4.78 is 5.12. The highest BCUT2D eigenvalue weighted by Gasteiger charge is 2.34. The van der Waals surface area contributed by atoms with Crippen molar-refractivity contribution in [3.05, 3.63) is 29.8 Å². The number of rotatable bonds is 3. The molecule has 0 bridgehead atoms. The third kappa shape index (κ3) is 1.85. The number of aliphatic hydroxyl groups is 1. The molecule has 15 heavy (non-hydrogen) atoms. The summed E-state index contributed by atoms with van der Waals surface area (Å²) >= 11 is 0. The van der Waals surface area contributed by atoms with Crippen molar-refractivity contribution in [2.24, 2.45) is 0 Å². The minimum Gasteiger partial charge on any atom is -0.497 e. The van der Waals surface area contributed by atoms with Crippen molar-refractivity contribution in [3.8, 4) is 5.75 Å². The maximum absolute atomic E-state index is 9.50. The molecule has 82 valence electrons. The third-order valence-corrected chi connectivity index (χ3v) is 3.16. The van der Waals surface area contributed by atoms with Gasteiger partial charge in [-0.3, -0.25) is 0 Å². The van der Waals surface area contributed by atoms with Crippen LogP contribution in [0.15, 0.2) is 24.3 Å². The molecule has 1 unspecified atom stereocenters. The summed E-state index contributed by atoms with van der Waals surface area (Å²) in [6, 6.07) is 7.92. The highest BCUT2D eigenvalue weighted by Crippen LogP contribution is 2.31. The number of hydrogen-bond donors (Lipinski definition) is 2. The topological polar surface area (TPSA) is 41.5 Å². The van der Waals surface area contributed by atoms with Gasteiger partial charge in [0.2, 0.25) is 0 Å². The maximum Gasteiger partial charge on any atom is 0.118 e. The van der Waals surface area contributed by atoms with Gasteiger partial charge in [-0.15, -0.1) is 0 Å².